The lowest BCUT2D eigenvalue weighted by Crippen LogP contribution is -2.39. The first kappa shape index (κ1) is 19.2. The number of rotatable bonds is 6. The minimum atomic E-state index is -0.963. The molecule has 2 aromatic carbocycles. The number of carbonyl (C=O) groups excluding carboxylic acids is 3. The van der Waals surface area contributed by atoms with Crippen LogP contribution in [-0.4, -0.2) is 43.8 Å². The van der Waals surface area contributed by atoms with Gasteiger partial charge in [-0.05, 0) is 31.2 Å². The Kier molecular flexibility index (Phi) is 6.11. The monoisotopic (exact) mass is 385 g/mol. The van der Waals surface area contributed by atoms with Crippen molar-refractivity contribution < 1.29 is 33.3 Å². The summed E-state index contributed by atoms with van der Waals surface area (Å²) in [6.07, 6.45) is -0.963. The number of hydrogen-bond acceptors (Lipinski definition) is 7. The van der Waals surface area contributed by atoms with Gasteiger partial charge in [0.15, 0.2) is 18.1 Å². The zero-order valence-electron chi connectivity index (χ0n) is 15.2. The fourth-order valence-electron chi connectivity index (χ4n) is 2.53. The average Bonchev–Trinajstić information content (AvgIpc) is 2.72. The van der Waals surface area contributed by atoms with Crippen molar-refractivity contribution in [3.63, 3.8) is 0 Å². The van der Waals surface area contributed by atoms with E-state index in [0.717, 1.165) is 0 Å². The molecule has 1 aliphatic heterocycles. The maximum absolute atomic E-state index is 12.1. The third kappa shape index (κ3) is 4.59. The molecule has 1 unspecified atom stereocenters. The van der Waals surface area contributed by atoms with Gasteiger partial charge in [0.1, 0.15) is 6.61 Å². The molecule has 0 spiro atoms. The lowest BCUT2D eigenvalue weighted by Gasteiger charge is -2.24. The highest BCUT2D eigenvalue weighted by atomic mass is 16.6. The van der Waals surface area contributed by atoms with Crippen molar-refractivity contribution in [3.05, 3.63) is 54.1 Å². The van der Waals surface area contributed by atoms with Crippen LogP contribution in [0.4, 0.5) is 5.69 Å². The molecule has 1 heterocycles. The van der Waals surface area contributed by atoms with Gasteiger partial charge in [-0.15, -0.1) is 0 Å². The number of anilines is 1. The van der Waals surface area contributed by atoms with Crippen molar-refractivity contribution in [3.8, 4) is 11.5 Å². The highest BCUT2D eigenvalue weighted by Crippen LogP contribution is 2.31. The smallest absolute Gasteiger partial charge is 0.351 e. The Bertz CT molecular complexity index is 880. The fraction of sp³-hybridized carbons (Fsp3) is 0.250. The quantitative estimate of drug-likeness (QED) is 0.761. The molecule has 0 bridgehead atoms. The molecule has 0 fully saturated rings. The van der Waals surface area contributed by atoms with Gasteiger partial charge in [-0.25, -0.2) is 9.59 Å². The summed E-state index contributed by atoms with van der Waals surface area (Å²) in [5, 5.41) is 2.53. The largest absolute Gasteiger partial charge is 0.485 e. The van der Waals surface area contributed by atoms with Crippen LogP contribution in [0.3, 0.4) is 0 Å². The van der Waals surface area contributed by atoms with Gasteiger partial charge in [0.25, 0.3) is 5.91 Å². The van der Waals surface area contributed by atoms with Crippen molar-refractivity contribution in [1.82, 2.24) is 0 Å². The summed E-state index contributed by atoms with van der Waals surface area (Å²) in [4.78, 5) is 36.2. The van der Waals surface area contributed by atoms with Crippen LogP contribution in [-0.2, 0) is 19.1 Å². The second kappa shape index (κ2) is 8.90. The van der Waals surface area contributed by atoms with E-state index >= 15 is 0 Å². The fourth-order valence-corrected chi connectivity index (χ4v) is 2.53. The Balaban J connectivity index is 1.54. The van der Waals surface area contributed by atoms with E-state index < -0.39 is 30.6 Å². The van der Waals surface area contributed by atoms with Crippen LogP contribution in [0.5, 0.6) is 11.5 Å². The van der Waals surface area contributed by atoms with Crippen molar-refractivity contribution in [2.45, 2.75) is 13.0 Å². The second-order valence-electron chi connectivity index (χ2n) is 5.79. The first-order valence-corrected chi connectivity index (χ1v) is 8.69. The zero-order valence-corrected chi connectivity index (χ0v) is 15.2. The molecule has 8 heteroatoms. The predicted molar refractivity (Wildman–Crippen MR) is 98.3 cm³/mol. The van der Waals surface area contributed by atoms with E-state index in [1.165, 1.54) is 6.07 Å². The maximum Gasteiger partial charge on any atom is 0.351 e. The summed E-state index contributed by atoms with van der Waals surface area (Å²) in [5.74, 6) is -0.893. The number of carbonyl (C=O) groups is 3. The summed E-state index contributed by atoms with van der Waals surface area (Å²) in [5.41, 5.74) is 0.484. The standard InChI is InChI=1S/C20H19NO7/c1-2-25-19(23)13-7-3-4-8-14(13)21-18(22)12-27-20(24)17-11-26-15-9-5-6-10-16(15)28-17/h3-10,17H,2,11-12H2,1H3,(H,21,22). The van der Waals surface area contributed by atoms with Crippen LogP contribution in [0.25, 0.3) is 0 Å². The minimum absolute atomic E-state index is 0.0108. The molecular formula is C20H19NO7. The Labute approximate surface area is 161 Å². The first-order valence-electron chi connectivity index (χ1n) is 8.69. The van der Waals surface area contributed by atoms with Crippen molar-refractivity contribution in [2.24, 2.45) is 0 Å². The number of esters is 2. The van der Waals surface area contributed by atoms with Gasteiger partial charge < -0.3 is 24.3 Å². The van der Waals surface area contributed by atoms with Gasteiger partial charge in [0.2, 0.25) is 6.10 Å². The van der Waals surface area contributed by atoms with Gasteiger partial charge in [-0.1, -0.05) is 24.3 Å². The van der Waals surface area contributed by atoms with Crippen molar-refractivity contribution in [1.29, 1.82) is 0 Å². The van der Waals surface area contributed by atoms with Gasteiger partial charge in [0.05, 0.1) is 17.9 Å². The van der Waals surface area contributed by atoms with Gasteiger partial charge in [0, 0.05) is 0 Å². The molecule has 2 aromatic rings. The normalized spacial score (nSPS) is 14.7. The number of ether oxygens (including phenoxy) is 4. The molecule has 0 radical (unpaired) electrons. The summed E-state index contributed by atoms with van der Waals surface area (Å²) in [6, 6.07) is 13.4. The van der Waals surface area contributed by atoms with E-state index in [4.69, 9.17) is 18.9 Å². The Hall–Kier alpha value is -3.55. The number of fused-ring (bicyclic) bond motifs is 1. The molecule has 0 saturated carbocycles. The molecular weight excluding hydrogens is 366 g/mol. The Morgan fingerprint density at radius 2 is 1.75 bits per heavy atom. The van der Waals surface area contributed by atoms with Crippen LogP contribution >= 0.6 is 0 Å². The van der Waals surface area contributed by atoms with E-state index in [0.29, 0.717) is 11.5 Å². The van der Waals surface area contributed by atoms with Crippen LogP contribution in [0.1, 0.15) is 17.3 Å². The minimum Gasteiger partial charge on any atom is -0.485 e. The predicted octanol–water partition coefficient (Wildman–Crippen LogP) is 2.18. The molecule has 1 atom stereocenters. The summed E-state index contributed by atoms with van der Waals surface area (Å²) >= 11 is 0. The molecule has 1 aliphatic rings. The van der Waals surface area contributed by atoms with E-state index in [2.05, 4.69) is 5.32 Å². The number of amides is 1. The molecule has 1 N–H and O–H groups in total. The highest BCUT2D eigenvalue weighted by molar-refractivity contribution is 6.01. The lowest BCUT2D eigenvalue weighted by molar-refractivity contribution is -0.156. The molecule has 28 heavy (non-hydrogen) atoms. The third-order valence-corrected chi connectivity index (χ3v) is 3.81. The van der Waals surface area contributed by atoms with Crippen LogP contribution < -0.4 is 14.8 Å². The number of para-hydroxylation sites is 3. The van der Waals surface area contributed by atoms with Gasteiger partial charge >= 0.3 is 11.9 Å². The van der Waals surface area contributed by atoms with Gasteiger partial charge in [-0.2, -0.15) is 0 Å². The second-order valence-corrected chi connectivity index (χ2v) is 5.79. The van der Waals surface area contributed by atoms with E-state index in [1.54, 1.807) is 49.4 Å². The van der Waals surface area contributed by atoms with Crippen molar-refractivity contribution >= 4 is 23.5 Å². The number of benzene rings is 2. The highest BCUT2D eigenvalue weighted by Gasteiger charge is 2.29. The van der Waals surface area contributed by atoms with Gasteiger partial charge in [-0.3, -0.25) is 4.79 Å². The van der Waals surface area contributed by atoms with Crippen LogP contribution in [0, 0.1) is 0 Å². The van der Waals surface area contributed by atoms with Crippen LogP contribution in [0.15, 0.2) is 48.5 Å². The first-order chi connectivity index (χ1) is 13.6. The molecule has 8 nitrogen and oxygen atoms in total. The number of nitrogens with one attached hydrogen (secondary N) is 1. The SMILES string of the molecule is CCOC(=O)c1ccccc1NC(=O)COC(=O)C1COc2ccccc2O1. The molecule has 0 aliphatic carbocycles. The average molecular weight is 385 g/mol. The molecule has 0 aromatic heterocycles. The molecule has 146 valence electrons. The summed E-state index contributed by atoms with van der Waals surface area (Å²) < 4.78 is 20.9. The maximum atomic E-state index is 12.1. The summed E-state index contributed by atoms with van der Waals surface area (Å²) in [6.45, 7) is 1.36. The summed E-state index contributed by atoms with van der Waals surface area (Å²) in [7, 11) is 0. The molecule has 0 saturated heterocycles. The zero-order chi connectivity index (χ0) is 19.9. The van der Waals surface area contributed by atoms with Crippen molar-refractivity contribution in [2.75, 3.05) is 25.1 Å². The van der Waals surface area contributed by atoms with E-state index in [-0.39, 0.29) is 24.5 Å². The van der Waals surface area contributed by atoms with E-state index in [9.17, 15) is 14.4 Å². The Morgan fingerprint density at radius 3 is 2.54 bits per heavy atom. The molecule has 3 rings (SSSR count). The third-order valence-electron chi connectivity index (χ3n) is 3.81. The van der Waals surface area contributed by atoms with Crippen LogP contribution in [0.2, 0.25) is 0 Å². The van der Waals surface area contributed by atoms with E-state index in [1.807, 2.05) is 0 Å². The number of hydrogen-bond donors (Lipinski definition) is 1. The Morgan fingerprint density at radius 1 is 1.04 bits per heavy atom. The topological polar surface area (TPSA) is 100 Å². The molecule has 1 amide bonds. The lowest BCUT2D eigenvalue weighted by atomic mass is 10.2.